The molecule has 2 aromatic heterocycles. The zero-order valence-corrected chi connectivity index (χ0v) is 16.5. The first kappa shape index (κ1) is 18.6. The average molecular weight is 398 g/mol. The molecule has 0 radical (unpaired) electrons. The molecular weight excluding hydrogens is 376 g/mol. The van der Waals surface area contributed by atoms with Gasteiger partial charge >= 0.3 is 5.76 Å². The molecule has 1 amide bonds. The van der Waals surface area contributed by atoms with Crippen LogP contribution in [0.2, 0.25) is 0 Å². The van der Waals surface area contributed by atoms with Crippen LogP contribution in [0, 0.1) is 6.92 Å². The number of thiophene rings is 1. The molecule has 28 heavy (non-hydrogen) atoms. The molecule has 3 heterocycles. The summed E-state index contributed by atoms with van der Waals surface area (Å²) in [4.78, 5) is 29.5. The van der Waals surface area contributed by atoms with Crippen LogP contribution in [0.15, 0.2) is 51.0 Å². The van der Waals surface area contributed by atoms with E-state index in [4.69, 9.17) is 4.42 Å². The second-order valence-corrected chi connectivity index (χ2v) is 7.90. The zero-order chi connectivity index (χ0) is 19.5. The molecule has 146 valence electrons. The molecule has 0 atom stereocenters. The number of aryl methyl sites for hydroxylation is 1. The molecule has 0 saturated carbocycles. The van der Waals surface area contributed by atoms with Crippen molar-refractivity contribution in [3.63, 3.8) is 0 Å². The molecule has 1 aliphatic heterocycles. The molecular formula is C20H22N4O3S. The van der Waals surface area contributed by atoms with Gasteiger partial charge < -0.3 is 9.32 Å². The summed E-state index contributed by atoms with van der Waals surface area (Å²) in [5.41, 5.74) is 2.54. The van der Waals surface area contributed by atoms with Crippen LogP contribution < -0.4 is 5.76 Å². The van der Waals surface area contributed by atoms with Crippen molar-refractivity contribution in [3.8, 4) is 10.8 Å². The predicted octanol–water partition coefficient (Wildman–Crippen LogP) is 2.22. The van der Waals surface area contributed by atoms with Crippen molar-refractivity contribution in [3.05, 3.63) is 63.5 Å². The van der Waals surface area contributed by atoms with E-state index < -0.39 is 5.76 Å². The molecule has 4 rings (SSSR count). The maximum atomic E-state index is 12.6. The minimum atomic E-state index is -0.602. The minimum absolute atomic E-state index is 0.0917. The number of hydrogen-bond donors (Lipinski definition) is 0. The number of carbonyl (C=O) groups excluding carboxylic acids is 1. The molecule has 8 heteroatoms. The highest BCUT2D eigenvalue weighted by Crippen LogP contribution is 2.21. The minimum Gasteiger partial charge on any atom is -0.387 e. The quantitative estimate of drug-likeness (QED) is 0.659. The predicted molar refractivity (Wildman–Crippen MR) is 107 cm³/mol. The van der Waals surface area contributed by atoms with Crippen molar-refractivity contribution in [2.75, 3.05) is 26.2 Å². The molecule has 1 aromatic carbocycles. The van der Waals surface area contributed by atoms with Crippen molar-refractivity contribution in [1.29, 1.82) is 0 Å². The summed E-state index contributed by atoms with van der Waals surface area (Å²) in [5.74, 6) is -0.450. The SMILES string of the molecule is Cc1cccc(CN2CCN(C(=O)Cn3nc(-c4cccs4)oc3=O)CC2)c1. The van der Waals surface area contributed by atoms with E-state index >= 15 is 0 Å². The van der Waals surface area contributed by atoms with Crippen LogP contribution in [0.4, 0.5) is 0 Å². The number of piperazine rings is 1. The standard InChI is InChI=1S/C20H22N4O3S/c1-15-4-2-5-16(12-15)13-22-7-9-23(10-8-22)18(25)14-24-20(26)27-19(21-24)17-6-3-11-28-17/h2-6,11-12H,7-10,13-14H2,1H3. The molecule has 0 aliphatic carbocycles. The van der Waals surface area contributed by atoms with E-state index in [9.17, 15) is 9.59 Å². The van der Waals surface area contributed by atoms with Crippen molar-refractivity contribution >= 4 is 17.2 Å². The van der Waals surface area contributed by atoms with Crippen LogP contribution in [0.5, 0.6) is 0 Å². The van der Waals surface area contributed by atoms with E-state index in [-0.39, 0.29) is 18.3 Å². The van der Waals surface area contributed by atoms with Crippen molar-refractivity contribution in [1.82, 2.24) is 19.6 Å². The fourth-order valence-electron chi connectivity index (χ4n) is 3.36. The van der Waals surface area contributed by atoms with E-state index in [1.54, 1.807) is 4.90 Å². The topological polar surface area (TPSA) is 71.6 Å². The second kappa shape index (κ2) is 8.12. The summed E-state index contributed by atoms with van der Waals surface area (Å²) in [5, 5.41) is 6.04. The van der Waals surface area contributed by atoms with Crippen LogP contribution in [0.3, 0.4) is 0 Å². The van der Waals surface area contributed by atoms with Crippen LogP contribution in [0.25, 0.3) is 10.8 Å². The van der Waals surface area contributed by atoms with E-state index in [2.05, 4.69) is 41.2 Å². The Labute approximate surface area is 166 Å². The van der Waals surface area contributed by atoms with E-state index in [0.29, 0.717) is 13.1 Å². The Morgan fingerprint density at radius 3 is 2.71 bits per heavy atom. The lowest BCUT2D eigenvalue weighted by Gasteiger charge is -2.34. The normalized spacial score (nSPS) is 15.1. The Morgan fingerprint density at radius 2 is 2.00 bits per heavy atom. The van der Waals surface area contributed by atoms with Crippen LogP contribution in [-0.4, -0.2) is 51.7 Å². The molecule has 1 aliphatic rings. The molecule has 1 fully saturated rings. The Balaban J connectivity index is 1.33. The fourth-order valence-corrected chi connectivity index (χ4v) is 4.00. The van der Waals surface area contributed by atoms with Gasteiger partial charge in [-0.15, -0.1) is 16.4 Å². The largest absolute Gasteiger partial charge is 0.437 e. The van der Waals surface area contributed by atoms with Gasteiger partial charge in [-0.25, -0.2) is 4.79 Å². The molecule has 3 aromatic rings. The lowest BCUT2D eigenvalue weighted by molar-refractivity contribution is -0.134. The number of amides is 1. The zero-order valence-electron chi connectivity index (χ0n) is 15.7. The Morgan fingerprint density at radius 1 is 1.18 bits per heavy atom. The Bertz CT molecular complexity index is 1000. The van der Waals surface area contributed by atoms with E-state index in [0.717, 1.165) is 29.2 Å². The summed E-state index contributed by atoms with van der Waals surface area (Å²) < 4.78 is 6.28. The van der Waals surface area contributed by atoms with E-state index in [1.165, 1.54) is 22.5 Å². The first-order valence-electron chi connectivity index (χ1n) is 9.26. The third kappa shape index (κ3) is 4.23. The van der Waals surface area contributed by atoms with Gasteiger partial charge in [0.15, 0.2) is 0 Å². The summed E-state index contributed by atoms with van der Waals surface area (Å²) in [6.07, 6.45) is 0. The second-order valence-electron chi connectivity index (χ2n) is 6.95. The molecule has 0 bridgehead atoms. The number of benzene rings is 1. The maximum absolute atomic E-state index is 12.6. The smallest absolute Gasteiger partial charge is 0.387 e. The number of aromatic nitrogens is 2. The number of carbonyl (C=O) groups is 1. The van der Waals surface area contributed by atoms with Crippen molar-refractivity contribution in [2.24, 2.45) is 0 Å². The summed E-state index contributed by atoms with van der Waals surface area (Å²) in [6, 6.07) is 12.2. The molecule has 0 unspecified atom stereocenters. The first-order chi connectivity index (χ1) is 13.6. The molecule has 7 nitrogen and oxygen atoms in total. The van der Waals surface area contributed by atoms with Crippen molar-refractivity contribution < 1.29 is 9.21 Å². The fraction of sp³-hybridized carbons (Fsp3) is 0.350. The van der Waals surface area contributed by atoms with Gasteiger partial charge in [0, 0.05) is 32.7 Å². The van der Waals surface area contributed by atoms with Crippen LogP contribution >= 0.6 is 11.3 Å². The van der Waals surface area contributed by atoms with Gasteiger partial charge in [-0.1, -0.05) is 35.9 Å². The third-order valence-corrected chi connectivity index (χ3v) is 5.69. The van der Waals surface area contributed by atoms with Gasteiger partial charge in [-0.2, -0.15) is 4.68 Å². The van der Waals surface area contributed by atoms with Gasteiger partial charge in [0.1, 0.15) is 6.54 Å². The number of rotatable bonds is 5. The first-order valence-corrected chi connectivity index (χ1v) is 10.1. The highest BCUT2D eigenvalue weighted by Gasteiger charge is 2.23. The monoisotopic (exact) mass is 398 g/mol. The third-order valence-electron chi connectivity index (χ3n) is 4.84. The summed E-state index contributed by atoms with van der Waals surface area (Å²) >= 11 is 1.44. The summed E-state index contributed by atoms with van der Waals surface area (Å²) in [7, 11) is 0. The van der Waals surface area contributed by atoms with Crippen LogP contribution in [0.1, 0.15) is 11.1 Å². The highest BCUT2D eigenvalue weighted by molar-refractivity contribution is 7.13. The average Bonchev–Trinajstić information content (AvgIpc) is 3.33. The van der Waals surface area contributed by atoms with Gasteiger partial charge in [0.05, 0.1) is 4.88 Å². The van der Waals surface area contributed by atoms with Gasteiger partial charge in [0.25, 0.3) is 5.89 Å². The molecule has 1 saturated heterocycles. The lowest BCUT2D eigenvalue weighted by Crippen LogP contribution is -2.49. The number of nitrogens with zero attached hydrogens (tertiary/aromatic N) is 4. The van der Waals surface area contributed by atoms with Gasteiger partial charge in [0.2, 0.25) is 5.91 Å². The Hall–Kier alpha value is -2.71. The van der Waals surface area contributed by atoms with Gasteiger partial charge in [-0.3, -0.25) is 9.69 Å². The highest BCUT2D eigenvalue weighted by atomic mass is 32.1. The Kier molecular flexibility index (Phi) is 5.40. The van der Waals surface area contributed by atoms with E-state index in [1.807, 2.05) is 17.5 Å². The van der Waals surface area contributed by atoms with Crippen molar-refractivity contribution in [2.45, 2.75) is 20.0 Å². The molecule has 0 spiro atoms. The maximum Gasteiger partial charge on any atom is 0.437 e. The van der Waals surface area contributed by atoms with Gasteiger partial charge in [-0.05, 0) is 23.9 Å². The lowest BCUT2D eigenvalue weighted by atomic mass is 10.1. The van der Waals surface area contributed by atoms with Crippen LogP contribution in [-0.2, 0) is 17.9 Å². The number of hydrogen-bond acceptors (Lipinski definition) is 6. The molecule has 0 N–H and O–H groups in total. The summed E-state index contributed by atoms with van der Waals surface area (Å²) in [6.45, 7) is 5.81.